The number of hydrogen-bond acceptors (Lipinski definition) is 2. The Hall–Kier alpha value is -1.57. The van der Waals surface area contributed by atoms with Gasteiger partial charge in [-0.1, -0.05) is 24.3 Å². The predicted molar refractivity (Wildman–Crippen MR) is 73.2 cm³/mol. The highest BCUT2D eigenvalue weighted by Gasteiger charge is 2.16. The van der Waals surface area contributed by atoms with E-state index in [1.165, 1.54) is 23.6 Å². The zero-order valence-electron chi connectivity index (χ0n) is 11.1. The van der Waals surface area contributed by atoms with Crippen molar-refractivity contribution in [2.45, 2.75) is 45.6 Å². The van der Waals surface area contributed by atoms with E-state index in [0.717, 1.165) is 25.7 Å². The first-order chi connectivity index (χ1) is 8.66. The Morgan fingerprint density at radius 2 is 2.06 bits per heavy atom. The minimum absolute atomic E-state index is 0.0559. The Morgan fingerprint density at radius 1 is 1.28 bits per heavy atom. The van der Waals surface area contributed by atoms with Crippen LogP contribution in [0.1, 0.15) is 43.7 Å². The summed E-state index contributed by atoms with van der Waals surface area (Å²) in [5, 5.41) is 0. The molecule has 0 amide bonds. The minimum Gasteiger partial charge on any atom is -0.458 e. The second kappa shape index (κ2) is 5.85. The van der Waals surface area contributed by atoms with Crippen LogP contribution in [0.3, 0.4) is 0 Å². The van der Waals surface area contributed by atoms with Crippen molar-refractivity contribution < 1.29 is 9.53 Å². The lowest BCUT2D eigenvalue weighted by Crippen LogP contribution is -2.13. The van der Waals surface area contributed by atoms with Gasteiger partial charge in [0.15, 0.2) is 0 Å². The van der Waals surface area contributed by atoms with Gasteiger partial charge in [0.05, 0.1) is 0 Å². The summed E-state index contributed by atoms with van der Waals surface area (Å²) >= 11 is 0. The molecule has 1 atom stereocenters. The summed E-state index contributed by atoms with van der Waals surface area (Å²) in [6.45, 7) is 3.61. The van der Waals surface area contributed by atoms with E-state index in [1.807, 2.05) is 0 Å². The van der Waals surface area contributed by atoms with Gasteiger partial charge in [-0.25, -0.2) is 0 Å². The number of carbonyl (C=O) groups is 1. The minimum atomic E-state index is -0.192. The highest BCUT2D eigenvalue weighted by atomic mass is 16.5. The van der Waals surface area contributed by atoms with Gasteiger partial charge in [0.25, 0.3) is 0 Å². The third-order valence-corrected chi connectivity index (χ3v) is 3.38. The van der Waals surface area contributed by atoms with Crippen LogP contribution in [0.2, 0.25) is 0 Å². The first-order valence-corrected chi connectivity index (χ1v) is 6.61. The van der Waals surface area contributed by atoms with Crippen molar-refractivity contribution in [3.63, 3.8) is 0 Å². The van der Waals surface area contributed by atoms with Crippen LogP contribution in [0.15, 0.2) is 30.3 Å². The second-order valence-corrected chi connectivity index (χ2v) is 4.90. The maximum atomic E-state index is 11.1. The maximum Gasteiger partial charge on any atom is 0.303 e. The molecule has 0 aliphatic heterocycles. The van der Waals surface area contributed by atoms with E-state index >= 15 is 0 Å². The van der Waals surface area contributed by atoms with Gasteiger partial charge in [-0.05, 0) is 55.4 Å². The molecule has 1 unspecified atom stereocenters. The highest BCUT2D eigenvalue weighted by molar-refractivity contribution is 5.70. The van der Waals surface area contributed by atoms with E-state index in [0.29, 0.717) is 0 Å². The second-order valence-electron chi connectivity index (χ2n) is 4.90. The van der Waals surface area contributed by atoms with E-state index in [4.69, 9.17) is 4.74 Å². The number of rotatable bonds is 2. The van der Waals surface area contributed by atoms with Crippen molar-refractivity contribution in [1.82, 2.24) is 0 Å². The quantitative estimate of drug-likeness (QED) is 0.738. The van der Waals surface area contributed by atoms with Crippen molar-refractivity contribution in [3.05, 3.63) is 41.5 Å². The summed E-state index contributed by atoms with van der Waals surface area (Å²) in [4.78, 5) is 11.1. The van der Waals surface area contributed by atoms with Gasteiger partial charge in [-0.3, -0.25) is 4.79 Å². The number of aryl methyl sites for hydroxylation is 1. The molecular weight excluding hydrogens is 224 g/mol. The van der Waals surface area contributed by atoms with Crippen molar-refractivity contribution in [1.29, 1.82) is 0 Å². The summed E-state index contributed by atoms with van der Waals surface area (Å²) in [5.74, 6) is -0.192. The Labute approximate surface area is 109 Å². The number of esters is 1. The van der Waals surface area contributed by atoms with Gasteiger partial charge in [0.1, 0.15) is 6.10 Å². The zero-order valence-corrected chi connectivity index (χ0v) is 11.1. The average molecular weight is 244 g/mol. The molecule has 0 fully saturated rings. The number of benzene rings is 1. The van der Waals surface area contributed by atoms with Crippen molar-refractivity contribution in [3.8, 4) is 0 Å². The number of ether oxygens (including phenoxy) is 1. The molecule has 0 heterocycles. The molecule has 0 radical (unpaired) electrons. The van der Waals surface area contributed by atoms with E-state index < -0.39 is 0 Å². The fourth-order valence-corrected chi connectivity index (χ4v) is 2.52. The average Bonchev–Trinajstić information content (AvgIpc) is 2.54. The highest BCUT2D eigenvalue weighted by Crippen LogP contribution is 2.29. The molecule has 0 N–H and O–H groups in total. The SMILES string of the molecule is CC(=O)OC1C=C(c2ccccc2C)CCCC1. The van der Waals surface area contributed by atoms with Crippen molar-refractivity contribution >= 4 is 11.5 Å². The van der Waals surface area contributed by atoms with Gasteiger partial charge in [0, 0.05) is 6.92 Å². The third kappa shape index (κ3) is 3.22. The first kappa shape index (κ1) is 12.9. The number of allylic oxidation sites excluding steroid dienone is 1. The normalized spacial score (nSPS) is 19.9. The lowest BCUT2D eigenvalue weighted by Gasteiger charge is -2.13. The standard InChI is InChI=1S/C16H20O2/c1-12-7-3-6-10-16(12)14-8-4-5-9-15(11-14)18-13(2)17/h3,6-7,10-11,15H,4-5,8-9H2,1-2H3. The molecule has 0 aromatic heterocycles. The molecule has 2 heteroatoms. The fourth-order valence-electron chi connectivity index (χ4n) is 2.52. The topological polar surface area (TPSA) is 26.3 Å². The van der Waals surface area contributed by atoms with Crippen LogP contribution < -0.4 is 0 Å². The summed E-state index contributed by atoms with van der Waals surface area (Å²) < 4.78 is 5.35. The molecule has 1 aromatic rings. The van der Waals surface area contributed by atoms with Gasteiger partial charge in [0.2, 0.25) is 0 Å². The van der Waals surface area contributed by atoms with Crippen LogP contribution in [-0.4, -0.2) is 12.1 Å². The molecular formula is C16H20O2. The van der Waals surface area contributed by atoms with Gasteiger partial charge < -0.3 is 4.74 Å². The van der Waals surface area contributed by atoms with Gasteiger partial charge >= 0.3 is 5.97 Å². The van der Waals surface area contributed by atoms with Crippen LogP contribution >= 0.6 is 0 Å². The largest absolute Gasteiger partial charge is 0.458 e. The Bertz CT molecular complexity index is 460. The summed E-state index contributed by atoms with van der Waals surface area (Å²) in [6.07, 6.45) is 6.37. The molecule has 1 aliphatic carbocycles. The summed E-state index contributed by atoms with van der Waals surface area (Å²) in [5.41, 5.74) is 3.89. The molecule has 0 bridgehead atoms. The van der Waals surface area contributed by atoms with E-state index in [1.54, 1.807) is 0 Å². The predicted octanol–water partition coefficient (Wildman–Crippen LogP) is 3.88. The molecule has 1 aromatic carbocycles. The van der Waals surface area contributed by atoms with Gasteiger partial charge in [-0.15, -0.1) is 0 Å². The molecule has 1 aliphatic rings. The van der Waals surface area contributed by atoms with Crippen LogP contribution in [0.25, 0.3) is 5.57 Å². The Morgan fingerprint density at radius 3 is 2.78 bits per heavy atom. The Balaban J connectivity index is 2.26. The van der Waals surface area contributed by atoms with Crippen LogP contribution in [-0.2, 0) is 9.53 Å². The number of hydrogen-bond donors (Lipinski definition) is 0. The number of carbonyl (C=O) groups excluding carboxylic acids is 1. The third-order valence-electron chi connectivity index (χ3n) is 3.38. The smallest absolute Gasteiger partial charge is 0.303 e. The van der Waals surface area contributed by atoms with Gasteiger partial charge in [-0.2, -0.15) is 0 Å². The van der Waals surface area contributed by atoms with Crippen molar-refractivity contribution in [2.24, 2.45) is 0 Å². The molecule has 2 rings (SSSR count). The molecule has 18 heavy (non-hydrogen) atoms. The van der Waals surface area contributed by atoms with E-state index in [9.17, 15) is 4.79 Å². The molecule has 96 valence electrons. The molecule has 0 saturated heterocycles. The zero-order chi connectivity index (χ0) is 13.0. The molecule has 0 spiro atoms. The van der Waals surface area contributed by atoms with Crippen LogP contribution in [0.5, 0.6) is 0 Å². The fraction of sp³-hybridized carbons (Fsp3) is 0.438. The van der Waals surface area contributed by atoms with Crippen LogP contribution in [0.4, 0.5) is 0 Å². The first-order valence-electron chi connectivity index (χ1n) is 6.61. The van der Waals surface area contributed by atoms with Crippen LogP contribution in [0, 0.1) is 6.92 Å². The summed E-state index contributed by atoms with van der Waals surface area (Å²) in [6, 6.07) is 8.40. The molecule has 2 nitrogen and oxygen atoms in total. The lowest BCUT2D eigenvalue weighted by molar-refractivity contribution is -0.144. The van der Waals surface area contributed by atoms with Crippen molar-refractivity contribution in [2.75, 3.05) is 0 Å². The molecule has 0 saturated carbocycles. The lowest BCUT2D eigenvalue weighted by atomic mass is 9.97. The Kier molecular flexibility index (Phi) is 4.19. The van der Waals surface area contributed by atoms with E-state index in [2.05, 4.69) is 37.3 Å². The monoisotopic (exact) mass is 244 g/mol. The van der Waals surface area contributed by atoms with E-state index in [-0.39, 0.29) is 12.1 Å². The summed E-state index contributed by atoms with van der Waals surface area (Å²) in [7, 11) is 0. The maximum absolute atomic E-state index is 11.1.